The van der Waals surface area contributed by atoms with E-state index in [-0.39, 0.29) is 19.0 Å². The summed E-state index contributed by atoms with van der Waals surface area (Å²) in [6, 6.07) is 0. The van der Waals surface area contributed by atoms with Gasteiger partial charge in [0.25, 0.3) is 0 Å². The minimum absolute atomic E-state index is 0.0192. The van der Waals surface area contributed by atoms with Crippen LogP contribution in [0, 0.1) is 6.57 Å². The second kappa shape index (κ2) is 5.09. The Morgan fingerprint density at radius 1 is 1.50 bits per heavy atom. The zero-order valence-corrected chi connectivity index (χ0v) is 6.90. The Hall–Kier alpha value is -0.630. The topological polar surface area (TPSA) is 43.0 Å². The van der Waals surface area contributed by atoms with Gasteiger partial charge in [0.15, 0.2) is 6.29 Å². The quantitative estimate of drug-likeness (QED) is 0.623. The molecule has 1 aliphatic rings. The highest BCUT2D eigenvalue weighted by Crippen LogP contribution is 2.16. The van der Waals surface area contributed by atoms with Crippen LogP contribution in [-0.2, 0) is 9.47 Å². The minimum Gasteiger partial charge on any atom is -0.396 e. The highest BCUT2D eigenvalue weighted by atomic mass is 16.7. The summed E-state index contributed by atoms with van der Waals surface area (Å²) in [6.07, 6.45) is 1.04. The van der Waals surface area contributed by atoms with E-state index in [1.165, 1.54) is 0 Å². The monoisotopic (exact) mass is 171 g/mol. The van der Waals surface area contributed by atoms with Crippen molar-refractivity contribution < 1.29 is 14.6 Å². The van der Waals surface area contributed by atoms with Gasteiger partial charge in [-0.25, -0.2) is 6.57 Å². The molecule has 1 heterocycles. The molecular weight excluding hydrogens is 158 g/mol. The summed E-state index contributed by atoms with van der Waals surface area (Å²) in [5.41, 5.74) is 0. The Morgan fingerprint density at radius 3 is 3.00 bits per heavy atom. The van der Waals surface area contributed by atoms with Crippen molar-refractivity contribution >= 4 is 0 Å². The highest BCUT2D eigenvalue weighted by molar-refractivity contribution is 4.68. The van der Waals surface area contributed by atoms with Crippen molar-refractivity contribution in [2.75, 3.05) is 19.8 Å². The van der Waals surface area contributed by atoms with E-state index in [1.807, 2.05) is 0 Å². The Bertz CT molecular complexity index is 166. The molecule has 1 N–H and O–H groups in total. The van der Waals surface area contributed by atoms with Gasteiger partial charge in [-0.3, -0.25) is 0 Å². The number of hydrogen-bond donors (Lipinski definition) is 1. The highest BCUT2D eigenvalue weighted by Gasteiger charge is 2.25. The summed E-state index contributed by atoms with van der Waals surface area (Å²) in [6.45, 7) is 7.69. The van der Waals surface area contributed by atoms with Gasteiger partial charge in [-0.05, 0) is 6.42 Å². The number of hydrogen-bond acceptors (Lipinski definition) is 3. The Morgan fingerprint density at radius 2 is 2.33 bits per heavy atom. The fourth-order valence-electron chi connectivity index (χ4n) is 1.12. The van der Waals surface area contributed by atoms with E-state index in [2.05, 4.69) is 4.85 Å². The molecule has 1 rings (SSSR count). The average Bonchev–Trinajstić information content (AvgIpc) is 2.50. The molecule has 0 aromatic rings. The van der Waals surface area contributed by atoms with E-state index >= 15 is 0 Å². The third-order valence-electron chi connectivity index (χ3n) is 1.74. The van der Waals surface area contributed by atoms with Crippen LogP contribution in [0.25, 0.3) is 4.85 Å². The summed E-state index contributed by atoms with van der Waals surface area (Å²) in [5.74, 6) is 0. The van der Waals surface area contributed by atoms with Crippen molar-refractivity contribution in [2.45, 2.75) is 25.2 Å². The molecule has 0 aromatic heterocycles. The number of nitrogens with zero attached hydrogens (tertiary/aromatic N) is 1. The lowest BCUT2D eigenvalue weighted by atomic mass is 10.3. The van der Waals surface area contributed by atoms with Crippen LogP contribution in [-0.4, -0.2) is 37.3 Å². The SMILES string of the molecule is [C-]#[N+]CCC1OCC(CCO)O1. The standard InChI is InChI=1S/C8H13NO3/c1-9-4-2-8-11-6-7(12-8)3-5-10/h7-8,10H,2-6H2. The second-order valence-electron chi connectivity index (χ2n) is 2.70. The molecule has 2 unspecified atom stereocenters. The van der Waals surface area contributed by atoms with Gasteiger partial charge >= 0.3 is 0 Å². The smallest absolute Gasteiger partial charge is 0.219 e. The van der Waals surface area contributed by atoms with Crippen LogP contribution in [0.3, 0.4) is 0 Å². The van der Waals surface area contributed by atoms with E-state index in [0.717, 1.165) is 0 Å². The first-order valence-corrected chi connectivity index (χ1v) is 4.08. The summed E-state index contributed by atoms with van der Waals surface area (Å²) in [7, 11) is 0. The molecule has 4 nitrogen and oxygen atoms in total. The fourth-order valence-corrected chi connectivity index (χ4v) is 1.12. The van der Waals surface area contributed by atoms with Crippen LogP contribution in [0.15, 0.2) is 0 Å². The van der Waals surface area contributed by atoms with Crippen LogP contribution in [0.5, 0.6) is 0 Å². The molecule has 2 atom stereocenters. The first kappa shape index (κ1) is 9.46. The summed E-state index contributed by atoms with van der Waals surface area (Å²) >= 11 is 0. The van der Waals surface area contributed by atoms with Gasteiger partial charge in [-0.2, -0.15) is 0 Å². The van der Waals surface area contributed by atoms with Crippen molar-refractivity contribution in [3.8, 4) is 0 Å². The molecule has 12 heavy (non-hydrogen) atoms. The van der Waals surface area contributed by atoms with Crippen molar-refractivity contribution in [2.24, 2.45) is 0 Å². The predicted molar refractivity (Wildman–Crippen MR) is 42.4 cm³/mol. The fraction of sp³-hybridized carbons (Fsp3) is 0.875. The first-order chi connectivity index (χ1) is 5.86. The molecule has 68 valence electrons. The zero-order valence-electron chi connectivity index (χ0n) is 6.90. The number of rotatable bonds is 4. The summed E-state index contributed by atoms with van der Waals surface area (Å²) in [5, 5.41) is 8.60. The third kappa shape index (κ3) is 2.78. The predicted octanol–water partition coefficient (Wildman–Crippen LogP) is 0.420. The number of aliphatic hydroxyl groups excluding tert-OH is 1. The van der Waals surface area contributed by atoms with Gasteiger partial charge in [0.2, 0.25) is 6.54 Å². The van der Waals surface area contributed by atoms with Gasteiger partial charge < -0.3 is 19.4 Å². The van der Waals surface area contributed by atoms with Gasteiger partial charge in [0.1, 0.15) is 0 Å². The zero-order chi connectivity index (χ0) is 8.81. The maximum absolute atomic E-state index is 8.60. The Balaban J connectivity index is 2.13. The third-order valence-corrected chi connectivity index (χ3v) is 1.74. The van der Waals surface area contributed by atoms with E-state index in [4.69, 9.17) is 21.2 Å². The molecule has 1 fully saturated rings. The minimum atomic E-state index is -0.226. The lowest BCUT2D eigenvalue weighted by Crippen LogP contribution is -2.14. The van der Waals surface area contributed by atoms with E-state index in [0.29, 0.717) is 26.0 Å². The van der Waals surface area contributed by atoms with Gasteiger partial charge in [0.05, 0.1) is 19.1 Å². The van der Waals surface area contributed by atoms with E-state index in [1.54, 1.807) is 0 Å². The summed E-state index contributed by atoms with van der Waals surface area (Å²) < 4.78 is 10.6. The Kier molecular flexibility index (Phi) is 4.01. The molecule has 0 aliphatic carbocycles. The van der Waals surface area contributed by atoms with E-state index < -0.39 is 0 Å². The maximum Gasteiger partial charge on any atom is 0.219 e. The van der Waals surface area contributed by atoms with Crippen LogP contribution >= 0.6 is 0 Å². The number of aliphatic hydroxyl groups is 1. The molecule has 4 heteroatoms. The van der Waals surface area contributed by atoms with E-state index in [9.17, 15) is 0 Å². The molecule has 0 bridgehead atoms. The molecular formula is C8H13NO3. The van der Waals surface area contributed by atoms with Crippen molar-refractivity contribution in [1.82, 2.24) is 0 Å². The molecule has 0 spiro atoms. The number of ether oxygens (including phenoxy) is 2. The normalized spacial score (nSPS) is 28.7. The Labute approximate surface area is 71.9 Å². The van der Waals surface area contributed by atoms with Crippen LogP contribution in [0.4, 0.5) is 0 Å². The van der Waals surface area contributed by atoms with Gasteiger partial charge in [0, 0.05) is 6.61 Å². The van der Waals surface area contributed by atoms with Crippen LogP contribution in [0.2, 0.25) is 0 Å². The van der Waals surface area contributed by atoms with Gasteiger partial charge in [-0.15, -0.1) is 0 Å². The van der Waals surface area contributed by atoms with Crippen LogP contribution in [0.1, 0.15) is 12.8 Å². The molecule has 0 amide bonds. The average molecular weight is 171 g/mol. The summed E-state index contributed by atoms with van der Waals surface area (Å²) in [4.78, 5) is 3.21. The van der Waals surface area contributed by atoms with Crippen molar-refractivity contribution in [3.05, 3.63) is 11.4 Å². The first-order valence-electron chi connectivity index (χ1n) is 4.08. The largest absolute Gasteiger partial charge is 0.396 e. The molecule has 0 radical (unpaired) electrons. The van der Waals surface area contributed by atoms with Gasteiger partial charge in [-0.1, -0.05) is 0 Å². The molecule has 0 aromatic carbocycles. The lowest BCUT2D eigenvalue weighted by Gasteiger charge is -2.07. The lowest BCUT2D eigenvalue weighted by molar-refractivity contribution is -0.0615. The molecule has 0 saturated carbocycles. The second-order valence-corrected chi connectivity index (χ2v) is 2.70. The maximum atomic E-state index is 8.60. The molecule has 1 aliphatic heterocycles. The van der Waals surface area contributed by atoms with Crippen LogP contribution < -0.4 is 0 Å². The van der Waals surface area contributed by atoms with Crippen molar-refractivity contribution in [1.29, 1.82) is 0 Å². The van der Waals surface area contributed by atoms with Crippen molar-refractivity contribution in [3.63, 3.8) is 0 Å². The molecule has 1 saturated heterocycles.